The van der Waals surface area contributed by atoms with E-state index in [1.807, 2.05) is 0 Å². The molecule has 0 radical (unpaired) electrons. The van der Waals surface area contributed by atoms with Crippen LogP contribution in [-0.4, -0.2) is 61.5 Å². The summed E-state index contributed by atoms with van der Waals surface area (Å²) >= 11 is 0. The number of hydrogen-bond donors (Lipinski definition) is 0. The number of rotatable bonds is 4. The molecule has 0 N–H and O–H groups in total. The molecule has 0 aromatic heterocycles. The first kappa shape index (κ1) is 14.8. The Hall–Kier alpha value is -0.230. The minimum Gasteiger partial charge on any atom is -0.263 e. The van der Waals surface area contributed by atoms with Gasteiger partial charge in [0, 0.05) is 0 Å². The van der Waals surface area contributed by atoms with Crippen LogP contribution in [0.25, 0.3) is 0 Å². The van der Waals surface area contributed by atoms with Gasteiger partial charge in [-0.25, -0.2) is 8.42 Å². The molecular weight excluding hydrogens is 296 g/mol. The second-order valence-electron chi connectivity index (χ2n) is 3.75. The van der Waals surface area contributed by atoms with Crippen LogP contribution in [0.3, 0.4) is 0 Å². The summed E-state index contributed by atoms with van der Waals surface area (Å²) in [6.07, 6.45) is -1.17. The van der Waals surface area contributed by atoms with Gasteiger partial charge in [0.25, 0.3) is 20.2 Å². The van der Waals surface area contributed by atoms with Crippen LogP contribution in [0.1, 0.15) is 0 Å². The van der Waals surface area contributed by atoms with Crippen LogP contribution in [0, 0.1) is 0 Å². The highest BCUT2D eigenvalue weighted by molar-refractivity contribution is 7.92. The van der Waals surface area contributed by atoms with Crippen molar-refractivity contribution in [1.29, 1.82) is 0 Å². The maximum Gasteiger partial charge on any atom is 0.264 e. The summed E-state index contributed by atoms with van der Waals surface area (Å²) < 4.78 is 75.1. The number of sulfone groups is 1. The fraction of sp³-hybridized carbons (Fsp3) is 1.00. The second kappa shape index (κ2) is 4.46. The standard InChI is InChI=1S/C6H12O8S3/c1-15(7,8)13-5-3-17(11,12)4-6(5)14-16(2,9)10/h5-6H,3-4H2,1-2H3. The summed E-state index contributed by atoms with van der Waals surface area (Å²) in [4.78, 5) is 0. The molecule has 1 aliphatic heterocycles. The zero-order chi connectivity index (χ0) is 13.5. The highest BCUT2D eigenvalue weighted by Crippen LogP contribution is 2.21. The molecule has 1 fully saturated rings. The first-order valence-electron chi connectivity index (χ1n) is 4.35. The maximum atomic E-state index is 11.3. The molecule has 0 spiro atoms. The molecule has 1 saturated heterocycles. The highest BCUT2D eigenvalue weighted by Gasteiger charge is 2.43. The molecule has 17 heavy (non-hydrogen) atoms. The first-order valence-corrected chi connectivity index (χ1v) is 9.80. The second-order valence-corrected chi connectivity index (χ2v) is 9.11. The van der Waals surface area contributed by atoms with Crippen molar-refractivity contribution < 1.29 is 33.6 Å². The van der Waals surface area contributed by atoms with E-state index in [1.165, 1.54) is 0 Å². The Morgan fingerprint density at radius 2 is 1.18 bits per heavy atom. The fourth-order valence-electron chi connectivity index (χ4n) is 1.41. The molecule has 0 amide bonds. The van der Waals surface area contributed by atoms with Crippen LogP contribution in [0.5, 0.6) is 0 Å². The molecule has 2 atom stereocenters. The lowest BCUT2D eigenvalue weighted by Crippen LogP contribution is -2.33. The summed E-state index contributed by atoms with van der Waals surface area (Å²) in [6, 6.07) is 0. The molecule has 1 heterocycles. The SMILES string of the molecule is CS(=O)(=O)OC1CS(=O)(=O)CC1OS(C)(=O)=O. The summed E-state index contributed by atoms with van der Waals surface area (Å²) in [7, 11) is -11.3. The highest BCUT2D eigenvalue weighted by atomic mass is 32.2. The van der Waals surface area contributed by atoms with Crippen molar-refractivity contribution >= 4 is 30.1 Å². The van der Waals surface area contributed by atoms with Crippen LogP contribution in [-0.2, 0) is 38.4 Å². The van der Waals surface area contributed by atoms with Gasteiger partial charge in [0.1, 0.15) is 12.2 Å². The third-order valence-corrected chi connectivity index (χ3v) is 4.71. The normalized spacial score (nSPS) is 29.3. The molecule has 0 aliphatic carbocycles. The Morgan fingerprint density at radius 3 is 1.41 bits per heavy atom. The van der Waals surface area contributed by atoms with Gasteiger partial charge in [-0.15, -0.1) is 0 Å². The Morgan fingerprint density at radius 1 is 0.882 bits per heavy atom. The monoisotopic (exact) mass is 308 g/mol. The zero-order valence-corrected chi connectivity index (χ0v) is 11.5. The van der Waals surface area contributed by atoms with E-state index >= 15 is 0 Å². The molecular formula is C6H12O8S3. The first-order chi connectivity index (χ1) is 7.38. The molecule has 102 valence electrons. The van der Waals surface area contributed by atoms with Crippen LogP contribution < -0.4 is 0 Å². The lowest BCUT2D eigenvalue weighted by molar-refractivity contribution is 0.102. The van der Waals surface area contributed by atoms with Gasteiger partial charge in [-0.1, -0.05) is 0 Å². The molecule has 1 aliphatic rings. The Kier molecular flexibility index (Phi) is 3.89. The van der Waals surface area contributed by atoms with Gasteiger partial charge in [-0.2, -0.15) is 16.8 Å². The third-order valence-electron chi connectivity index (χ3n) is 1.85. The van der Waals surface area contributed by atoms with E-state index in [1.54, 1.807) is 0 Å². The largest absolute Gasteiger partial charge is 0.264 e. The predicted octanol–water partition coefficient (Wildman–Crippen LogP) is -1.90. The number of hydrogen-bond acceptors (Lipinski definition) is 8. The van der Waals surface area contributed by atoms with Gasteiger partial charge >= 0.3 is 0 Å². The molecule has 0 aromatic carbocycles. The summed E-state index contributed by atoms with van der Waals surface area (Å²) in [5.74, 6) is -1.17. The third kappa shape index (κ3) is 5.29. The molecule has 2 unspecified atom stereocenters. The van der Waals surface area contributed by atoms with Crippen LogP contribution in [0.2, 0.25) is 0 Å². The predicted molar refractivity (Wildman–Crippen MR) is 58.1 cm³/mol. The van der Waals surface area contributed by atoms with Crippen LogP contribution >= 0.6 is 0 Å². The molecule has 0 aromatic rings. The van der Waals surface area contributed by atoms with Crippen molar-refractivity contribution in [1.82, 2.24) is 0 Å². The minimum atomic E-state index is -3.89. The van der Waals surface area contributed by atoms with Crippen LogP contribution in [0.4, 0.5) is 0 Å². The fourth-order valence-corrected chi connectivity index (χ4v) is 4.57. The summed E-state index contributed by atoms with van der Waals surface area (Å²) in [5.41, 5.74) is 0. The summed E-state index contributed by atoms with van der Waals surface area (Å²) in [6.45, 7) is 0. The van der Waals surface area contributed by atoms with Crippen molar-refractivity contribution in [3.63, 3.8) is 0 Å². The van der Waals surface area contributed by atoms with E-state index in [4.69, 9.17) is 0 Å². The molecule has 11 heteroatoms. The van der Waals surface area contributed by atoms with E-state index < -0.39 is 53.8 Å². The van der Waals surface area contributed by atoms with E-state index in [0.29, 0.717) is 0 Å². The van der Waals surface area contributed by atoms with E-state index in [9.17, 15) is 25.3 Å². The Balaban J connectivity index is 2.94. The average Bonchev–Trinajstić information content (AvgIpc) is 2.17. The van der Waals surface area contributed by atoms with Crippen LogP contribution in [0.15, 0.2) is 0 Å². The average molecular weight is 308 g/mol. The van der Waals surface area contributed by atoms with Gasteiger partial charge < -0.3 is 0 Å². The quantitative estimate of drug-likeness (QED) is 0.552. The zero-order valence-electron chi connectivity index (χ0n) is 9.06. The van der Waals surface area contributed by atoms with Gasteiger partial charge in [-0.05, 0) is 0 Å². The molecule has 0 bridgehead atoms. The molecule has 8 nitrogen and oxygen atoms in total. The Labute approximate surface area is 100 Å². The minimum absolute atomic E-state index is 0.583. The molecule has 0 saturated carbocycles. The Bertz CT molecular complexity index is 535. The van der Waals surface area contributed by atoms with Gasteiger partial charge in [0.2, 0.25) is 0 Å². The van der Waals surface area contributed by atoms with Crippen molar-refractivity contribution in [2.24, 2.45) is 0 Å². The van der Waals surface area contributed by atoms with E-state index in [2.05, 4.69) is 8.37 Å². The van der Waals surface area contributed by atoms with Gasteiger partial charge in [0.05, 0.1) is 24.0 Å². The summed E-state index contributed by atoms with van der Waals surface area (Å²) in [5, 5.41) is 0. The topological polar surface area (TPSA) is 121 Å². The molecule has 1 rings (SSSR count). The van der Waals surface area contributed by atoms with Crippen molar-refractivity contribution in [2.75, 3.05) is 24.0 Å². The van der Waals surface area contributed by atoms with Gasteiger partial charge in [0.15, 0.2) is 9.84 Å². The van der Waals surface area contributed by atoms with Gasteiger partial charge in [-0.3, -0.25) is 8.37 Å². The smallest absolute Gasteiger partial charge is 0.263 e. The van der Waals surface area contributed by atoms with Crippen molar-refractivity contribution in [2.45, 2.75) is 12.2 Å². The van der Waals surface area contributed by atoms with Crippen molar-refractivity contribution in [3.8, 4) is 0 Å². The lowest BCUT2D eigenvalue weighted by Gasteiger charge is -2.15. The maximum absolute atomic E-state index is 11.3. The van der Waals surface area contributed by atoms with E-state index in [-0.39, 0.29) is 0 Å². The lowest BCUT2D eigenvalue weighted by atomic mass is 10.3. The van der Waals surface area contributed by atoms with E-state index in [0.717, 1.165) is 12.5 Å². The van der Waals surface area contributed by atoms with Crippen molar-refractivity contribution in [3.05, 3.63) is 0 Å².